The average molecular weight is 438 g/mol. The number of hydrogen-bond acceptors (Lipinski definition) is 4. The first-order valence-electron chi connectivity index (χ1n) is 9.71. The Hall–Kier alpha value is -2.74. The van der Waals surface area contributed by atoms with Gasteiger partial charge in [-0.15, -0.1) is 11.3 Å². The molecule has 7 heteroatoms. The van der Waals surface area contributed by atoms with Gasteiger partial charge in [0.25, 0.3) is 0 Å². The maximum atomic E-state index is 13.6. The fourth-order valence-corrected chi connectivity index (χ4v) is 5.41. The molecule has 4 aromatic rings. The van der Waals surface area contributed by atoms with E-state index >= 15 is 0 Å². The second kappa shape index (κ2) is 8.55. The van der Waals surface area contributed by atoms with Crippen LogP contribution in [0.2, 0.25) is 0 Å². The van der Waals surface area contributed by atoms with Crippen LogP contribution in [0.3, 0.4) is 0 Å². The van der Waals surface area contributed by atoms with Crippen molar-refractivity contribution >= 4 is 21.4 Å². The van der Waals surface area contributed by atoms with Gasteiger partial charge in [0.15, 0.2) is 0 Å². The molecule has 0 saturated heterocycles. The number of hydrogen-bond donors (Lipinski definition) is 1. The topological polar surface area (TPSA) is 64.0 Å². The summed E-state index contributed by atoms with van der Waals surface area (Å²) in [6.45, 7) is 3.96. The van der Waals surface area contributed by atoms with Gasteiger partial charge in [0.1, 0.15) is 10.6 Å². The summed E-state index contributed by atoms with van der Waals surface area (Å²) in [6, 6.07) is 22.5. The van der Waals surface area contributed by atoms with Gasteiger partial charge in [-0.2, -0.15) is 9.82 Å². The highest BCUT2D eigenvalue weighted by atomic mass is 32.2. The Kier molecular flexibility index (Phi) is 5.85. The highest BCUT2D eigenvalue weighted by molar-refractivity contribution is 7.89. The van der Waals surface area contributed by atoms with Crippen LogP contribution in [-0.2, 0) is 10.0 Å². The van der Waals surface area contributed by atoms with E-state index < -0.39 is 16.1 Å². The predicted octanol–water partition coefficient (Wildman–Crippen LogP) is 5.26. The van der Waals surface area contributed by atoms with Gasteiger partial charge in [-0.1, -0.05) is 66.7 Å². The Balaban J connectivity index is 1.79. The minimum Gasteiger partial charge on any atom is -0.268 e. The summed E-state index contributed by atoms with van der Waals surface area (Å²) >= 11 is 1.47. The lowest BCUT2D eigenvalue weighted by Gasteiger charge is -2.19. The maximum absolute atomic E-state index is 13.6. The first-order valence-corrected chi connectivity index (χ1v) is 12.1. The molecule has 1 N–H and O–H groups in total. The summed E-state index contributed by atoms with van der Waals surface area (Å²) in [5.41, 5.74) is 2.23. The van der Waals surface area contributed by atoms with Crippen LogP contribution >= 0.6 is 11.3 Å². The molecule has 0 fully saturated rings. The molecular weight excluding hydrogens is 414 g/mol. The van der Waals surface area contributed by atoms with Gasteiger partial charge in [-0.05, 0) is 36.4 Å². The number of nitrogens with one attached hydrogen (secondary N) is 1. The molecule has 0 radical (unpaired) electrons. The zero-order chi connectivity index (χ0) is 21.1. The van der Waals surface area contributed by atoms with E-state index in [-0.39, 0.29) is 10.9 Å². The number of sulfonamides is 1. The van der Waals surface area contributed by atoms with E-state index in [1.165, 1.54) is 11.3 Å². The molecule has 0 saturated carbocycles. The summed E-state index contributed by atoms with van der Waals surface area (Å²) in [7, 11) is -3.85. The molecule has 5 nitrogen and oxygen atoms in total. The molecular formula is C23H23N3O2S2. The molecule has 0 amide bonds. The monoisotopic (exact) mass is 437 g/mol. The molecule has 30 heavy (non-hydrogen) atoms. The zero-order valence-corrected chi connectivity index (χ0v) is 18.4. The highest BCUT2D eigenvalue weighted by Crippen LogP contribution is 2.32. The third kappa shape index (κ3) is 4.23. The number of rotatable bonds is 7. The fraction of sp³-hybridized carbons (Fsp3) is 0.174. The van der Waals surface area contributed by atoms with Crippen molar-refractivity contribution in [3.8, 4) is 10.6 Å². The Morgan fingerprint density at radius 1 is 0.900 bits per heavy atom. The van der Waals surface area contributed by atoms with Gasteiger partial charge >= 0.3 is 0 Å². The third-order valence-corrected chi connectivity index (χ3v) is 7.11. The van der Waals surface area contributed by atoms with Crippen LogP contribution in [0.4, 0.5) is 0 Å². The van der Waals surface area contributed by atoms with Crippen LogP contribution in [0.5, 0.6) is 0 Å². The van der Waals surface area contributed by atoms with Crippen molar-refractivity contribution in [3.63, 3.8) is 0 Å². The van der Waals surface area contributed by atoms with E-state index in [2.05, 4.69) is 9.82 Å². The molecule has 0 spiro atoms. The van der Waals surface area contributed by atoms with E-state index in [4.69, 9.17) is 0 Å². The van der Waals surface area contributed by atoms with Gasteiger partial charge in [0.2, 0.25) is 10.0 Å². The predicted molar refractivity (Wildman–Crippen MR) is 121 cm³/mol. The average Bonchev–Trinajstić information content (AvgIpc) is 3.43. The van der Waals surface area contributed by atoms with Crippen LogP contribution in [-0.4, -0.2) is 18.2 Å². The van der Waals surface area contributed by atoms with Gasteiger partial charge < -0.3 is 0 Å². The Morgan fingerprint density at radius 2 is 1.50 bits per heavy atom. The minimum absolute atomic E-state index is 0.0479. The summed E-state index contributed by atoms with van der Waals surface area (Å²) < 4.78 is 31.8. The van der Waals surface area contributed by atoms with Gasteiger partial charge in [-0.3, -0.25) is 4.68 Å². The SMILES string of the molecule is CC(C)n1cc(S(=O)(=O)NC(c2ccccc2)c2ccccc2)c(-c2cccs2)n1. The third-order valence-electron chi connectivity index (χ3n) is 4.81. The van der Waals surface area contributed by atoms with E-state index in [0.717, 1.165) is 16.0 Å². The Morgan fingerprint density at radius 3 is 2.00 bits per heavy atom. The van der Waals surface area contributed by atoms with Gasteiger partial charge in [0.05, 0.1) is 10.9 Å². The van der Waals surface area contributed by atoms with Crippen molar-refractivity contribution in [2.75, 3.05) is 0 Å². The van der Waals surface area contributed by atoms with E-state index in [1.807, 2.05) is 92.0 Å². The number of benzene rings is 2. The fourth-order valence-electron chi connectivity index (χ4n) is 3.26. The van der Waals surface area contributed by atoms with Crippen LogP contribution in [0.15, 0.2) is 89.3 Å². The lowest BCUT2D eigenvalue weighted by Crippen LogP contribution is -2.29. The van der Waals surface area contributed by atoms with Gasteiger partial charge in [0, 0.05) is 12.2 Å². The van der Waals surface area contributed by atoms with Crippen molar-refractivity contribution in [1.29, 1.82) is 0 Å². The standard InChI is InChI=1S/C23H23N3O2S2/c1-17(2)26-16-21(23(24-26)20-14-9-15-29-20)30(27,28)25-22(18-10-5-3-6-11-18)19-12-7-4-8-13-19/h3-17,22,25H,1-2H3. The molecule has 0 aliphatic heterocycles. The Labute approximate surface area is 181 Å². The summed E-state index contributed by atoms with van der Waals surface area (Å²) in [5.74, 6) is 0. The largest absolute Gasteiger partial charge is 0.268 e. The summed E-state index contributed by atoms with van der Waals surface area (Å²) in [6.07, 6.45) is 1.62. The summed E-state index contributed by atoms with van der Waals surface area (Å²) in [5, 5.41) is 6.50. The molecule has 0 unspecified atom stereocenters. The lowest BCUT2D eigenvalue weighted by molar-refractivity contribution is 0.532. The molecule has 2 heterocycles. The van der Waals surface area contributed by atoms with E-state index in [0.29, 0.717) is 5.69 Å². The normalized spacial score (nSPS) is 12.0. The zero-order valence-electron chi connectivity index (χ0n) is 16.8. The van der Waals surface area contributed by atoms with Crippen molar-refractivity contribution in [1.82, 2.24) is 14.5 Å². The molecule has 0 aliphatic carbocycles. The Bertz CT molecular complexity index is 1160. The summed E-state index contributed by atoms with van der Waals surface area (Å²) in [4.78, 5) is 1.02. The lowest BCUT2D eigenvalue weighted by atomic mass is 10.00. The van der Waals surface area contributed by atoms with E-state index in [9.17, 15) is 8.42 Å². The smallest absolute Gasteiger partial charge is 0.245 e. The van der Waals surface area contributed by atoms with Crippen LogP contribution in [0.25, 0.3) is 10.6 Å². The van der Waals surface area contributed by atoms with Crippen molar-refractivity contribution < 1.29 is 8.42 Å². The van der Waals surface area contributed by atoms with Crippen LogP contribution < -0.4 is 4.72 Å². The minimum atomic E-state index is -3.85. The number of nitrogens with zero attached hydrogens (tertiary/aromatic N) is 2. The number of aromatic nitrogens is 2. The van der Waals surface area contributed by atoms with Crippen LogP contribution in [0, 0.1) is 0 Å². The first-order chi connectivity index (χ1) is 14.5. The highest BCUT2D eigenvalue weighted by Gasteiger charge is 2.28. The quantitative estimate of drug-likeness (QED) is 0.429. The molecule has 0 bridgehead atoms. The number of thiophene rings is 1. The van der Waals surface area contributed by atoms with Crippen LogP contribution in [0.1, 0.15) is 37.1 Å². The molecule has 4 rings (SSSR count). The second-order valence-electron chi connectivity index (χ2n) is 7.27. The molecule has 0 aliphatic rings. The van der Waals surface area contributed by atoms with E-state index in [1.54, 1.807) is 10.9 Å². The van der Waals surface area contributed by atoms with Crippen molar-refractivity contribution in [2.45, 2.75) is 30.8 Å². The second-order valence-corrected chi connectivity index (χ2v) is 9.90. The van der Waals surface area contributed by atoms with Crippen molar-refractivity contribution in [2.24, 2.45) is 0 Å². The molecule has 0 atom stereocenters. The maximum Gasteiger partial charge on any atom is 0.245 e. The first kappa shape index (κ1) is 20.5. The molecule has 2 aromatic carbocycles. The van der Waals surface area contributed by atoms with Gasteiger partial charge in [-0.25, -0.2) is 8.42 Å². The molecule has 154 valence electrons. The molecule has 2 aromatic heterocycles. The van der Waals surface area contributed by atoms with Crippen molar-refractivity contribution in [3.05, 3.63) is 95.5 Å².